The van der Waals surface area contributed by atoms with Crippen molar-refractivity contribution in [3.05, 3.63) is 23.3 Å². The van der Waals surface area contributed by atoms with E-state index in [1.807, 2.05) is 6.20 Å². The summed E-state index contributed by atoms with van der Waals surface area (Å²) in [6, 6.07) is 0.409. The maximum atomic E-state index is 5.65. The first-order valence-corrected chi connectivity index (χ1v) is 8.29. The molecule has 1 N–H and O–H groups in total. The summed E-state index contributed by atoms with van der Waals surface area (Å²) in [6.45, 7) is 7.44. The largest absolute Gasteiger partial charge is 0.371 e. The molecule has 4 nitrogen and oxygen atoms in total. The second-order valence-electron chi connectivity index (χ2n) is 6.14. The monoisotopic (exact) mass is 291 g/mol. The van der Waals surface area contributed by atoms with Crippen LogP contribution in [0.4, 0.5) is 0 Å². The third-order valence-corrected chi connectivity index (χ3v) is 4.67. The van der Waals surface area contributed by atoms with Crippen LogP contribution in [-0.2, 0) is 16.8 Å². The molecule has 0 radical (unpaired) electrons. The van der Waals surface area contributed by atoms with Gasteiger partial charge in [-0.2, -0.15) is 0 Å². The van der Waals surface area contributed by atoms with Gasteiger partial charge in [-0.25, -0.2) is 9.97 Å². The van der Waals surface area contributed by atoms with Gasteiger partial charge in [0.1, 0.15) is 5.60 Å². The molecule has 1 heterocycles. The van der Waals surface area contributed by atoms with Crippen molar-refractivity contribution in [3.8, 4) is 0 Å². The number of fused-ring (bicyclic) bond motifs is 1. The molecule has 1 aromatic rings. The Morgan fingerprint density at radius 1 is 1.38 bits per heavy atom. The molecular weight excluding hydrogens is 262 g/mol. The number of methoxy groups -OCH3 is 1. The standard InChI is InChI=1S/C17H29N3O/c1-5-11-18-14-9-7-8-10-15-13(14)12-19-16(20-15)17(3,6-2)21-4/h12,14,18H,5-11H2,1-4H3. The van der Waals surface area contributed by atoms with E-state index < -0.39 is 0 Å². The van der Waals surface area contributed by atoms with Gasteiger partial charge >= 0.3 is 0 Å². The summed E-state index contributed by atoms with van der Waals surface area (Å²) in [5, 5.41) is 3.64. The van der Waals surface area contributed by atoms with E-state index in [9.17, 15) is 0 Å². The Morgan fingerprint density at radius 2 is 2.19 bits per heavy atom. The average Bonchev–Trinajstić information content (AvgIpc) is 2.73. The summed E-state index contributed by atoms with van der Waals surface area (Å²) in [6.07, 6.45) is 8.76. The van der Waals surface area contributed by atoms with Crippen LogP contribution in [-0.4, -0.2) is 23.6 Å². The van der Waals surface area contributed by atoms with Gasteiger partial charge in [0.15, 0.2) is 5.82 Å². The highest BCUT2D eigenvalue weighted by Gasteiger charge is 2.29. The van der Waals surface area contributed by atoms with E-state index in [1.165, 1.54) is 30.5 Å². The summed E-state index contributed by atoms with van der Waals surface area (Å²) >= 11 is 0. The molecule has 0 bridgehead atoms. The quantitative estimate of drug-likeness (QED) is 0.815. The van der Waals surface area contributed by atoms with Gasteiger partial charge in [0, 0.05) is 30.6 Å². The Bertz CT molecular complexity index is 457. The minimum Gasteiger partial charge on any atom is -0.371 e. The highest BCUT2D eigenvalue weighted by atomic mass is 16.5. The van der Waals surface area contributed by atoms with Crippen LogP contribution in [0.5, 0.6) is 0 Å². The van der Waals surface area contributed by atoms with Crippen LogP contribution in [0.15, 0.2) is 6.20 Å². The molecule has 2 unspecified atom stereocenters. The summed E-state index contributed by atoms with van der Waals surface area (Å²) in [5.41, 5.74) is 2.12. The van der Waals surface area contributed by atoms with Gasteiger partial charge in [0.05, 0.1) is 0 Å². The molecule has 0 amide bonds. The van der Waals surface area contributed by atoms with E-state index in [0.29, 0.717) is 6.04 Å². The number of hydrogen-bond donors (Lipinski definition) is 1. The number of hydrogen-bond acceptors (Lipinski definition) is 4. The molecule has 21 heavy (non-hydrogen) atoms. The van der Waals surface area contributed by atoms with Crippen LogP contribution in [0.3, 0.4) is 0 Å². The second-order valence-corrected chi connectivity index (χ2v) is 6.14. The zero-order valence-electron chi connectivity index (χ0n) is 13.9. The molecule has 1 aliphatic carbocycles. The van der Waals surface area contributed by atoms with Crippen LogP contribution in [0.25, 0.3) is 0 Å². The predicted octanol–water partition coefficient (Wildman–Crippen LogP) is 3.52. The van der Waals surface area contributed by atoms with Crippen LogP contribution >= 0.6 is 0 Å². The van der Waals surface area contributed by atoms with Crippen LogP contribution < -0.4 is 5.32 Å². The van der Waals surface area contributed by atoms with Gasteiger partial charge in [0.25, 0.3) is 0 Å². The highest BCUT2D eigenvalue weighted by molar-refractivity contribution is 5.24. The van der Waals surface area contributed by atoms with Gasteiger partial charge in [-0.05, 0) is 45.6 Å². The minimum atomic E-state index is -0.381. The second kappa shape index (κ2) is 7.32. The molecule has 4 heteroatoms. The number of ether oxygens (including phenoxy) is 1. The molecule has 1 aromatic heterocycles. The molecule has 0 aromatic carbocycles. The Balaban J connectivity index is 2.31. The third kappa shape index (κ3) is 3.61. The van der Waals surface area contributed by atoms with Crippen molar-refractivity contribution in [3.63, 3.8) is 0 Å². The Morgan fingerprint density at radius 3 is 2.86 bits per heavy atom. The third-order valence-electron chi connectivity index (χ3n) is 4.67. The number of nitrogens with one attached hydrogen (secondary N) is 1. The maximum absolute atomic E-state index is 5.65. The average molecular weight is 291 g/mol. The fourth-order valence-corrected chi connectivity index (χ4v) is 2.89. The van der Waals surface area contributed by atoms with Crippen molar-refractivity contribution < 1.29 is 4.74 Å². The van der Waals surface area contributed by atoms with Gasteiger partial charge in [-0.1, -0.05) is 20.3 Å². The summed E-state index contributed by atoms with van der Waals surface area (Å²) in [5.74, 6) is 0.822. The zero-order chi connectivity index (χ0) is 15.3. The van der Waals surface area contributed by atoms with E-state index in [4.69, 9.17) is 9.72 Å². The lowest BCUT2D eigenvalue weighted by atomic mass is 10.0. The first-order valence-electron chi connectivity index (χ1n) is 8.29. The van der Waals surface area contributed by atoms with Crippen molar-refractivity contribution in [2.45, 2.75) is 70.9 Å². The summed E-state index contributed by atoms with van der Waals surface area (Å²) in [7, 11) is 1.74. The molecule has 2 rings (SSSR count). The van der Waals surface area contributed by atoms with E-state index in [1.54, 1.807) is 7.11 Å². The molecule has 0 saturated carbocycles. The lowest BCUT2D eigenvalue weighted by Gasteiger charge is -2.26. The first kappa shape index (κ1) is 16.4. The van der Waals surface area contributed by atoms with E-state index in [2.05, 4.69) is 31.1 Å². The van der Waals surface area contributed by atoms with Crippen molar-refractivity contribution in [2.24, 2.45) is 0 Å². The molecule has 0 aliphatic heterocycles. The summed E-state index contributed by atoms with van der Waals surface area (Å²) < 4.78 is 5.65. The van der Waals surface area contributed by atoms with Crippen LogP contribution in [0, 0.1) is 0 Å². The van der Waals surface area contributed by atoms with Crippen LogP contribution in [0.1, 0.15) is 76.0 Å². The van der Waals surface area contributed by atoms with Gasteiger partial charge < -0.3 is 10.1 Å². The molecule has 2 atom stereocenters. The lowest BCUT2D eigenvalue weighted by molar-refractivity contribution is -0.00921. The van der Waals surface area contributed by atoms with Gasteiger partial charge in [0.2, 0.25) is 0 Å². The molecule has 118 valence electrons. The molecule has 0 fully saturated rings. The van der Waals surface area contributed by atoms with Crippen molar-refractivity contribution in [2.75, 3.05) is 13.7 Å². The Labute approximate surface area is 128 Å². The van der Waals surface area contributed by atoms with Crippen LogP contribution in [0.2, 0.25) is 0 Å². The lowest BCUT2D eigenvalue weighted by Crippen LogP contribution is -2.28. The molecule has 0 spiro atoms. The molecular formula is C17H29N3O. The minimum absolute atomic E-state index is 0.381. The smallest absolute Gasteiger partial charge is 0.160 e. The number of rotatable bonds is 6. The Kier molecular flexibility index (Phi) is 5.71. The predicted molar refractivity (Wildman–Crippen MR) is 85.3 cm³/mol. The van der Waals surface area contributed by atoms with E-state index in [0.717, 1.165) is 31.6 Å². The number of nitrogens with zero attached hydrogens (tertiary/aromatic N) is 2. The van der Waals surface area contributed by atoms with E-state index >= 15 is 0 Å². The fraction of sp³-hybridized carbons (Fsp3) is 0.765. The van der Waals surface area contributed by atoms with Crippen molar-refractivity contribution >= 4 is 0 Å². The van der Waals surface area contributed by atoms with Gasteiger partial charge in [-0.15, -0.1) is 0 Å². The Hall–Kier alpha value is -1.00. The normalized spacial score (nSPS) is 21.4. The highest BCUT2D eigenvalue weighted by Crippen LogP contribution is 2.30. The van der Waals surface area contributed by atoms with Crippen molar-refractivity contribution in [1.29, 1.82) is 0 Å². The molecule has 1 aliphatic rings. The maximum Gasteiger partial charge on any atom is 0.160 e. The first-order chi connectivity index (χ1) is 10.1. The molecule has 0 saturated heterocycles. The zero-order valence-corrected chi connectivity index (χ0v) is 13.9. The number of aromatic nitrogens is 2. The van der Waals surface area contributed by atoms with Gasteiger partial charge in [-0.3, -0.25) is 0 Å². The fourth-order valence-electron chi connectivity index (χ4n) is 2.89. The number of aryl methyl sites for hydroxylation is 1. The summed E-state index contributed by atoms with van der Waals surface area (Å²) in [4.78, 5) is 9.50. The SMILES string of the molecule is CCCNC1CCCCc2nc(C(C)(CC)OC)ncc21. The topological polar surface area (TPSA) is 47.0 Å². The van der Waals surface area contributed by atoms with Crippen molar-refractivity contribution in [1.82, 2.24) is 15.3 Å². The van der Waals surface area contributed by atoms with E-state index in [-0.39, 0.29) is 5.60 Å².